The number of hydrogen-bond donors (Lipinski definition) is 1. The molecular weight excluding hydrogens is 540 g/mol. The molecule has 0 spiro atoms. The van der Waals surface area contributed by atoms with Crippen molar-refractivity contribution in [1.29, 1.82) is 0 Å². The van der Waals surface area contributed by atoms with Crippen molar-refractivity contribution in [2.75, 3.05) is 11.9 Å². The second kappa shape index (κ2) is 13.0. The summed E-state index contributed by atoms with van der Waals surface area (Å²) in [4.78, 5) is 16.8. The molecule has 6 rings (SSSR count). The minimum atomic E-state index is -0.147. The highest BCUT2D eigenvalue weighted by molar-refractivity contribution is 8.05. The first-order valence-electron chi connectivity index (χ1n) is 15.0. The molecule has 1 N–H and O–H groups in total. The summed E-state index contributed by atoms with van der Waals surface area (Å²) >= 11 is 1.60. The molecule has 42 heavy (non-hydrogen) atoms. The fourth-order valence-corrected chi connectivity index (χ4v) is 7.31. The average molecular weight is 579 g/mol. The van der Waals surface area contributed by atoms with Crippen molar-refractivity contribution in [2.24, 2.45) is 5.92 Å². The maximum atomic E-state index is 13.9. The van der Waals surface area contributed by atoms with Gasteiger partial charge in [-0.15, -0.1) is 0 Å². The van der Waals surface area contributed by atoms with Crippen molar-refractivity contribution < 1.29 is 14.3 Å². The third-order valence-electron chi connectivity index (χ3n) is 8.25. The standard InChI is InChI=1S/C36H38N2O3S/c1-3-40-33-22-26(20-21-32(33)41-24-28-15-11-14-27-13-8-9-18-30(27)28)23-34-35(39)38(31-19-10-7-12-25(31)2)36(42-34)37-29-16-5-4-6-17-29/h4-6,8-9,11,13-18,20-23,25,31,36-37H,3,7,10,12,19,24H2,1-2H3/b34-23-/t25-,31-,36?/m0/s1. The monoisotopic (exact) mass is 578 g/mol. The van der Waals surface area contributed by atoms with Gasteiger partial charge in [-0.3, -0.25) is 4.79 Å². The number of ether oxygens (including phenoxy) is 2. The van der Waals surface area contributed by atoms with Gasteiger partial charge in [-0.2, -0.15) is 0 Å². The van der Waals surface area contributed by atoms with Crippen LogP contribution in [0.25, 0.3) is 16.8 Å². The number of carbonyl (C=O) groups excluding carboxylic acids is 1. The summed E-state index contributed by atoms with van der Waals surface area (Å²) < 4.78 is 12.3. The van der Waals surface area contributed by atoms with Gasteiger partial charge in [0.15, 0.2) is 17.0 Å². The van der Waals surface area contributed by atoms with E-state index in [0.717, 1.165) is 34.6 Å². The topological polar surface area (TPSA) is 50.8 Å². The van der Waals surface area contributed by atoms with Crippen LogP contribution in [0.5, 0.6) is 11.5 Å². The van der Waals surface area contributed by atoms with Crippen LogP contribution in [0, 0.1) is 5.92 Å². The number of amides is 1. The van der Waals surface area contributed by atoms with E-state index in [9.17, 15) is 4.79 Å². The normalized spacial score (nSPS) is 21.6. The smallest absolute Gasteiger partial charge is 0.262 e. The van der Waals surface area contributed by atoms with Crippen LogP contribution in [0.4, 0.5) is 5.69 Å². The second-order valence-corrected chi connectivity index (χ2v) is 12.2. The molecule has 2 fully saturated rings. The number of thioether (sulfide) groups is 1. The molecule has 2 aliphatic rings. The summed E-state index contributed by atoms with van der Waals surface area (Å²) in [6.07, 6.45) is 6.61. The van der Waals surface area contributed by atoms with Crippen molar-refractivity contribution in [1.82, 2.24) is 4.90 Å². The van der Waals surface area contributed by atoms with Gasteiger partial charge in [-0.05, 0) is 77.9 Å². The predicted molar refractivity (Wildman–Crippen MR) is 174 cm³/mol. The number of nitrogens with zero attached hydrogens (tertiary/aromatic N) is 1. The summed E-state index contributed by atoms with van der Waals surface area (Å²) in [7, 11) is 0. The Bertz CT molecular complexity index is 1570. The number of benzene rings is 4. The molecule has 0 aromatic heterocycles. The maximum Gasteiger partial charge on any atom is 0.262 e. The van der Waals surface area contributed by atoms with Crippen molar-refractivity contribution >= 4 is 40.2 Å². The fourth-order valence-electron chi connectivity index (χ4n) is 6.09. The largest absolute Gasteiger partial charge is 0.490 e. The molecule has 4 aromatic rings. The van der Waals surface area contributed by atoms with Gasteiger partial charge in [-0.25, -0.2) is 0 Å². The van der Waals surface area contributed by atoms with E-state index in [1.54, 1.807) is 11.8 Å². The Kier molecular flexibility index (Phi) is 8.71. The van der Waals surface area contributed by atoms with Crippen LogP contribution in [0.1, 0.15) is 50.7 Å². The van der Waals surface area contributed by atoms with Crippen LogP contribution in [0.15, 0.2) is 95.9 Å². The van der Waals surface area contributed by atoms with Crippen molar-refractivity contribution in [3.63, 3.8) is 0 Å². The van der Waals surface area contributed by atoms with E-state index in [0.29, 0.717) is 30.6 Å². The minimum absolute atomic E-state index is 0.0985. The molecule has 0 radical (unpaired) electrons. The third-order valence-corrected chi connectivity index (χ3v) is 9.37. The molecule has 216 valence electrons. The van der Waals surface area contributed by atoms with Crippen LogP contribution in [0.2, 0.25) is 0 Å². The van der Waals surface area contributed by atoms with Gasteiger partial charge in [0.05, 0.1) is 11.5 Å². The lowest BCUT2D eigenvalue weighted by Crippen LogP contribution is -2.48. The molecular formula is C36H38N2O3S. The Morgan fingerprint density at radius 1 is 0.905 bits per heavy atom. The zero-order chi connectivity index (χ0) is 28.9. The van der Waals surface area contributed by atoms with E-state index in [1.165, 1.54) is 23.6 Å². The molecule has 3 atom stereocenters. The highest BCUT2D eigenvalue weighted by atomic mass is 32.2. The Balaban J connectivity index is 1.25. The van der Waals surface area contributed by atoms with Gasteiger partial charge >= 0.3 is 0 Å². The average Bonchev–Trinajstić information content (AvgIpc) is 3.31. The van der Waals surface area contributed by atoms with E-state index < -0.39 is 0 Å². The van der Waals surface area contributed by atoms with Gasteiger partial charge in [0.25, 0.3) is 5.91 Å². The first kappa shape index (κ1) is 28.2. The predicted octanol–water partition coefficient (Wildman–Crippen LogP) is 8.71. The number of anilines is 1. The number of rotatable bonds is 9. The van der Waals surface area contributed by atoms with Gasteiger partial charge in [0.2, 0.25) is 0 Å². The van der Waals surface area contributed by atoms with Gasteiger partial charge in [0, 0.05) is 11.7 Å². The fraction of sp³-hybridized carbons (Fsp3) is 0.306. The number of carbonyl (C=O) groups is 1. The van der Waals surface area contributed by atoms with Gasteiger partial charge < -0.3 is 19.7 Å². The number of para-hydroxylation sites is 1. The molecule has 1 amide bonds. The summed E-state index contributed by atoms with van der Waals surface area (Å²) in [6.45, 7) is 5.22. The number of hydrogen-bond acceptors (Lipinski definition) is 5. The van der Waals surface area contributed by atoms with Crippen molar-refractivity contribution in [3.05, 3.63) is 107 Å². The molecule has 1 saturated heterocycles. The Morgan fingerprint density at radius 3 is 2.52 bits per heavy atom. The number of nitrogens with one attached hydrogen (secondary N) is 1. The summed E-state index contributed by atoms with van der Waals surface area (Å²) in [6, 6.07) is 31.0. The highest BCUT2D eigenvalue weighted by Crippen LogP contribution is 2.42. The first-order chi connectivity index (χ1) is 20.6. The quantitative estimate of drug-likeness (QED) is 0.201. The summed E-state index contributed by atoms with van der Waals surface area (Å²) in [5.74, 6) is 1.95. The van der Waals surface area contributed by atoms with Gasteiger partial charge in [0.1, 0.15) is 6.61 Å². The second-order valence-electron chi connectivity index (χ2n) is 11.1. The molecule has 6 heteroatoms. The van der Waals surface area contributed by atoms with Crippen LogP contribution in [-0.2, 0) is 11.4 Å². The van der Waals surface area contributed by atoms with Crippen LogP contribution < -0.4 is 14.8 Å². The minimum Gasteiger partial charge on any atom is -0.490 e. The van der Waals surface area contributed by atoms with E-state index in [1.807, 2.05) is 49.4 Å². The molecule has 4 aromatic carbocycles. The SMILES string of the molecule is CCOc1cc(/C=C2\SC(Nc3ccccc3)N([C@H]3CCCC[C@@H]3C)C2=O)ccc1OCc1cccc2ccccc12. The van der Waals surface area contributed by atoms with E-state index in [-0.39, 0.29) is 17.4 Å². The lowest BCUT2D eigenvalue weighted by atomic mass is 9.85. The van der Waals surface area contributed by atoms with Crippen molar-refractivity contribution in [3.8, 4) is 11.5 Å². The van der Waals surface area contributed by atoms with E-state index in [2.05, 4.69) is 71.7 Å². The Morgan fingerprint density at radius 2 is 1.69 bits per heavy atom. The molecule has 1 aliphatic carbocycles. The third kappa shape index (κ3) is 6.14. The van der Waals surface area contributed by atoms with E-state index in [4.69, 9.17) is 9.47 Å². The van der Waals surface area contributed by atoms with Crippen LogP contribution in [-0.4, -0.2) is 29.0 Å². The Hall–Kier alpha value is -3.90. The van der Waals surface area contributed by atoms with Crippen molar-refractivity contribution in [2.45, 2.75) is 57.7 Å². The summed E-state index contributed by atoms with van der Waals surface area (Å²) in [5, 5.41) is 6.01. The molecule has 0 bridgehead atoms. The molecule has 1 unspecified atom stereocenters. The molecule has 1 heterocycles. The van der Waals surface area contributed by atoms with E-state index >= 15 is 0 Å². The van der Waals surface area contributed by atoms with Crippen LogP contribution >= 0.6 is 11.8 Å². The molecule has 5 nitrogen and oxygen atoms in total. The zero-order valence-electron chi connectivity index (χ0n) is 24.3. The van der Waals surface area contributed by atoms with Crippen LogP contribution in [0.3, 0.4) is 0 Å². The lowest BCUT2D eigenvalue weighted by Gasteiger charge is -2.39. The molecule has 1 saturated carbocycles. The zero-order valence-corrected chi connectivity index (χ0v) is 25.1. The highest BCUT2D eigenvalue weighted by Gasteiger charge is 2.42. The Labute approximate surface area is 252 Å². The summed E-state index contributed by atoms with van der Waals surface area (Å²) in [5.41, 5.74) is 2.92. The maximum absolute atomic E-state index is 13.9. The first-order valence-corrected chi connectivity index (χ1v) is 15.9. The van der Waals surface area contributed by atoms with Gasteiger partial charge in [-0.1, -0.05) is 98.3 Å². The lowest BCUT2D eigenvalue weighted by molar-refractivity contribution is -0.129. The number of fused-ring (bicyclic) bond motifs is 1. The molecule has 1 aliphatic heterocycles.